The van der Waals surface area contributed by atoms with Crippen molar-refractivity contribution in [2.45, 2.75) is 5.50 Å². The van der Waals surface area contributed by atoms with E-state index in [4.69, 9.17) is 0 Å². The molecule has 0 radical (unpaired) electrons. The molecule has 1 fully saturated rings. The Morgan fingerprint density at radius 1 is 1.26 bits per heavy atom. The van der Waals surface area contributed by atoms with Crippen LogP contribution in [-0.2, 0) is 4.74 Å². The summed E-state index contributed by atoms with van der Waals surface area (Å²) in [7, 11) is 3.44. The molecule has 1 aromatic rings. The highest BCUT2D eigenvalue weighted by Crippen LogP contribution is 2.37. The Bertz CT molecular complexity index is 612. The second-order valence-electron chi connectivity index (χ2n) is 5.67. The predicted molar refractivity (Wildman–Crippen MR) is 89.4 cm³/mol. The van der Waals surface area contributed by atoms with Gasteiger partial charge in [-0.1, -0.05) is 23.9 Å². The Morgan fingerprint density at radius 3 is 2.52 bits per heavy atom. The van der Waals surface area contributed by atoms with Crippen molar-refractivity contribution in [1.82, 2.24) is 15.1 Å². The van der Waals surface area contributed by atoms with Crippen LogP contribution in [0.1, 0.15) is 15.9 Å². The molecule has 0 amide bonds. The predicted octanol–water partition coefficient (Wildman–Crippen LogP) is 1.94. The number of nitrogens with one attached hydrogen (secondary N) is 1. The van der Waals surface area contributed by atoms with Gasteiger partial charge in [-0.3, -0.25) is 4.90 Å². The van der Waals surface area contributed by atoms with Gasteiger partial charge < -0.3 is 15.0 Å². The van der Waals surface area contributed by atoms with Crippen LogP contribution >= 0.6 is 11.8 Å². The van der Waals surface area contributed by atoms with Gasteiger partial charge in [0.1, 0.15) is 5.50 Å². The second-order valence-corrected chi connectivity index (χ2v) is 6.71. The summed E-state index contributed by atoms with van der Waals surface area (Å²) in [6, 6.07) is 6.77. The van der Waals surface area contributed by atoms with Crippen molar-refractivity contribution in [2.24, 2.45) is 0 Å². The number of methoxy groups -OCH3 is 1. The van der Waals surface area contributed by atoms with Crippen LogP contribution in [0, 0.1) is 0 Å². The van der Waals surface area contributed by atoms with Crippen LogP contribution in [0.25, 0.3) is 5.70 Å². The first-order valence-electron chi connectivity index (χ1n) is 7.53. The molecule has 1 N–H and O–H groups in total. The third-order valence-electron chi connectivity index (χ3n) is 4.14. The fourth-order valence-corrected chi connectivity index (χ4v) is 3.70. The van der Waals surface area contributed by atoms with Crippen LogP contribution in [0.3, 0.4) is 0 Å². The molecule has 3 rings (SSSR count). The Morgan fingerprint density at radius 2 is 1.91 bits per heavy atom. The molecule has 1 unspecified atom stereocenters. The SMILES string of the molecule is COC(=O)c1ccc(C2=C(F)SC(N3CCN(C)CC3)N2)cc1. The number of rotatable bonds is 3. The summed E-state index contributed by atoms with van der Waals surface area (Å²) in [6.07, 6.45) is 0. The molecule has 0 saturated carbocycles. The first-order valence-corrected chi connectivity index (χ1v) is 8.41. The zero-order valence-corrected chi connectivity index (χ0v) is 14.0. The largest absolute Gasteiger partial charge is 0.465 e. The number of piperazine rings is 1. The van der Waals surface area contributed by atoms with E-state index in [-0.39, 0.29) is 10.7 Å². The van der Waals surface area contributed by atoms with Crippen LogP contribution in [0.4, 0.5) is 4.39 Å². The molecule has 0 aromatic heterocycles. The summed E-state index contributed by atoms with van der Waals surface area (Å²) >= 11 is 1.21. The van der Waals surface area contributed by atoms with Gasteiger partial charge in [-0.2, -0.15) is 4.39 Å². The number of halogens is 1. The average Bonchev–Trinajstić information content (AvgIpc) is 2.96. The van der Waals surface area contributed by atoms with Crippen molar-refractivity contribution in [2.75, 3.05) is 40.3 Å². The van der Waals surface area contributed by atoms with Crippen molar-refractivity contribution < 1.29 is 13.9 Å². The van der Waals surface area contributed by atoms with Gasteiger partial charge in [-0.15, -0.1) is 0 Å². The first kappa shape index (κ1) is 16.3. The number of hydrogen-bond acceptors (Lipinski definition) is 6. The smallest absolute Gasteiger partial charge is 0.337 e. The van der Waals surface area contributed by atoms with Gasteiger partial charge >= 0.3 is 5.97 Å². The minimum atomic E-state index is -0.393. The summed E-state index contributed by atoms with van der Waals surface area (Å²) in [5.41, 5.74) is 1.62. The fourth-order valence-electron chi connectivity index (χ4n) is 2.68. The van der Waals surface area contributed by atoms with E-state index in [9.17, 15) is 9.18 Å². The van der Waals surface area contributed by atoms with E-state index < -0.39 is 5.97 Å². The van der Waals surface area contributed by atoms with E-state index in [2.05, 4.69) is 26.9 Å². The van der Waals surface area contributed by atoms with Gasteiger partial charge in [-0.25, -0.2) is 4.79 Å². The van der Waals surface area contributed by atoms with Crippen LogP contribution < -0.4 is 5.32 Å². The molecule has 1 atom stereocenters. The van der Waals surface area contributed by atoms with Crippen LogP contribution in [0.15, 0.2) is 29.4 Å². The average molecular weight is 337 g/mol. The van der Waals surface area contributed by atoms with Crippen LogP contribution in [0.2, 0.25) is 0 Å². The number of likely N-dealkylation sites (N-methyl/N-ethyl adjacent to an activating group) is 1. The summed E-state index contributed by atoms with van der Waals surface area (Å²) in [6.45, 7) is 3.82. The van der Waals surface area contributed by atoms with Gasteiger partial charge in [0.05, 0.1) is 18.4 Å². The number of nitrogens with zero attached hydrogens (tertiary/aromatic N) is 2. The van der Waals surface area contributed by atoms with Crippen molar-refractivity contribution in [3.05, 3.63) is 40.6 Å². The number of ether oxygens (including phenoxy) is 1. The summed E-state index contributed by atoms with van der Waals surface area (Å²) in [4.78, 5) is 16.0. The van der Waals surface area contributed by atoms with Gasteiger partial charge in [0.15, 0.2) is 5.16 Å². The molecule has 0 aliphatic carbocycles. The summed E-state index contributed by atoms with van der Waals surface area (Å²) in [5.74, 6) is -0.393. The molecular formula is C16H20FN3O2S. The quantitative estimate of drug-likeness (QED) is 0.851. The monoisotopic (exact) mass is 337 g/mol. The van der Waals surface area contributed by atoms with E-state index >= 15 is 0 Å². The fraction of sp³-hybridized carbons (Fsp3) is 0.438. The lowest BCUT2D eigenvalue weighted by Gasteiger charge is -2.36. The molecule has 2 heterocycles. The van der Waals surface area contributed by atoms with Crippen LogP contribution in [-0.4, -0.2) is 61.6 Å². The van der Waals surface area contributed by atoms with Gasteiger partial charge in [-0.05, 0) is 19.2 Å². The van der Waals surface area contributed by atoms with E-state index in [1.165, 1.54) is 18.9 Å². The molecule has 2 aliphatic heterocycles. The van der Waals surface area contributed by atoms with Gasteiger partial charge in [0.25, 0.3) is 0 Å². The molecular weight excluding hydrogens is 317 g/mol. The molecule has 124 valence electrons. The van der Waals surface area contributed by atoms with Crippen molar-refractivity contribution in [3.8, 4) is 0 Å². The minimum Gasteiger partial charge on any atom is -0.465 e. The number of carbonyl (C=O) groups is 1. The maximum atomic E-state index is 14.3. The standard InChI is InChI=1S/C16H20FN3O2S/c1-19-7-9-20(10-8-19)16-18-13(14(17)23-16)11-3-5-12(6-4-11)15(21)22-2/h3-6,16,18H,7-10H2,1-2H3. The Balaban J connectivity index is 1.68. The Labute approximate surface area is 139 Å². The number of benzene rings is 1. The van der Waals surface area contributed by atoms with Crippen molar-refractivity contribution in [1.29, 1.82) is 0 Å². The van der Waals surface area contributed by atoms with E-state index in [1.807, 2.05) is 0 Å². The lowest BCUT2D eigenvalue weighted by Crippen LogP contribution is -2.51. The van der Waals surface area contributed by atoms with Crippen LogP contribution in [0.5, 0.6) is 0 Å². The maximum absolute atomic E-state index is 14.3. The minimum absolute atomic E-state index is 0.0704. The second kappa shape index (κ2) is 6.90. The Hall–Kier alpha value is -1.57. The topological polar surface area (TPSA) is 44.8 Å². The molecule has 0 spiro atoms. The third-order valence-corrected chi connectivity index (χ3v) is 5.19. The zero-order chi connectivity index (χ0) is 16.4. The third kappa shape index (κ3) is 3.52. The molecule has 1 aromatic carbocycles. The van der Waals surface area contributed by atoms with Crippen molar-refractivity contribution in [3.63, 3.8) is 0 Å². The lowest BCUT2D eigenvalue weighted by molar-refractivity contribution is 0.0600. The molecule has 23 heavy (non-hydrogen) atoms. The first-order chi connectivity index (χ1) is 11.1. The van der Waals surface area contributed by atoms with Gasteiger partial charge in [0, 0.05) is 31.7 Å². The van der Waals surface area contributed by atoms with E-state index in [1.54, 1.807) is 24.3 Å². The Kier molecular flexibility index (Phi) is 4.89. The number of esters is 1. The molecule has 2 aliphatic rings. The summed E-state index contributed by atoms with van der Waals surface area (Å²) in [5, 5.41) is 3.05. The van der Waals surface area contributed by atoms with E-state index in [0.29, 0.717) is 11.3 Å². The van der Waals surface area contributed by atoms with E-state index in [0.717, 1.165) is 31.7 Å². The molecule has 7 heteroatoms. The molecule has 5 nitrogen and oxygen atoms in total. The zero-order valence-electron chi connectivity index (χ0n) is 13.2. The molecule has 0 bridgehead atoms. The number of hydrogen-bond donors (Lipinski definition) is 1. The number of thioether (sulfide) groups is 1. The lowest BCUT2D eigenvalue weighted by atomic mass is 10.1. The number of carbonyl (C=O) groups excluding carboxylic acids is 1. The molecule has 1 saturated heterocycles. The highest BCUT2D eigenvalue weighted by atomic mass is 32.2. The highest BCUT2D eigenvalue weighted by molar-refractivity contribution is 8.03. The normalized spacial score (nSPS) is 23.0. The van der Waals surface area contributed by atoms with Gasteiger partial charge in [0.2, 0.25) is 0 Å². The summed E-state index contributed by atoms with van der Waals surface area (Å²) < 4.78 is 19.0. The highest BCUT2D eigenvalue weighted by Gasteiger charge is 2.31. The van der Waals surface area contributed by atoms with Crippen molar-refractivity contribution >= 4 is 23.4 Å². The maximum Gasteiger partial charge on any atom is 0.337 e.